The second-order valence-electron chi connectivity index (χ2n) is 4.51. The Bertz CT molecular complexity index is 588. The summed E-state index contributed by atoms with van der Waals surface area (Å²) in [6.45, 7) is 4.56. The quantitative estimate of drug-likeness (QED) is 0.862. The molecule has 0 unspecified atom stereocenters. The summed E-state index contributed by atoms with van der Waals surface area (Å²) in [5, 5.41) is 8.32. The normalized spacial score (nSPS) is 21.6. The Kier molecular flexibility index (Phi) is 3.80. The molecular formula is C13H14FN3O2S. The lowest BCUT2D eigenvalue weighted by Gasteiger charge is -2.31. The number of hydrazone groups is 1. The minimum Gasteiger partial charge on any atom is -0.304 e. The first-order valence-electron chi connectivity index (χ1n) is 5.95. The summed E-state index contributed by atoms with van der Waals surface area (Å²) in [4.78, 5) is 22.1. The average Bonchev–Trinajstić information content (AvgIpc) is 2.67. The molecule has 7 heteroatoms. The fourth-order valence-corrected chi connectivity index (χ4v) is 3.15. The maximum absolute atomic E-state index is 13.0. The number of amides is 2. The Morgan fingerprint density at radius 3 is 2.40 bits per heavy atom. The number of amidine groups is 1. The van der Waals surface area contributed by atoms with Crippen molar-refractivity contribution >= 4 is 28.7 Å². The van der Waals surface area contributed by atoms with Crippen molar-refractivity contribution in [1.82, 2.24) is 10.3 Å². The molecule has 1 aromatic carbocycles. The van der Waals surface area contributed by atoms with Gasteiger partial charge in [0, 0.05) is 13.8 Å². The van der Waals surface area contributed by atoms with E-state index in [0.717, 1.165) is 5.56 Å². The Hall–Kier alpha value is -1.89. The van der Waals surface area contributed by atoms with Gasteiger partial charge in [0.05, 0.1) is 0 Å². The molecule has 0 fully saturated rings. The smallest absolute Gasteiger partial charge is 0.241 e. The van der Waals surface area contributed by atoms with E-state index in [2.05, 4.69) is 10.4 Å². The molecule has 0 saturated heterocycles. The number of thioether (sulfide) groups is 1. The number of benzene rings is 1. The maximum Gasteiger partial charge on any atom is 0.241 e. The van der Waals surface area contributed by atoms with Gasteiger partial charge >= 0.3 is 0 Å². The predicted octanol–water partition coefficient (Wildman–Crippen LogP) is 2.00. The van der Waals surface area contributed by atoms with Crippen molar-refractivity contribution in [1.29, 1.82) is 0 Å². The standard InChI is InChI=1S/C13H14FN3O2S/c1-8(18)15-12-16-17(9(2)19)13(3,20-12)10-4-6-11(14)7-5-10/h4-7H,1-3H3,(H,15,16,18)/t13-/m1/s1. The second-order valence-corrected chi connectivity index (χ2v) is 5.89. The van der Waals surface area contributed by atoms with E-state index in [0.29, 0.717) is 5.17 Å². The van der Waals surface area contributed by atoms with Gasteiger partial charge in [-0.1, -0.05) is 23.9 Å². The van der Waals surface area contributed by atoms with Gasteiger partial charge in [0.25, 0.3) is 0 Å². The SMILES string of the molecule is CC(=O)NC1=NN(C(C)=O)[C@@](C)(c2ccc(F)cc2)S1. The van der Waals surface area contributed by atoms with Crippen LogP contribution in [0.3, 0.4) is 0 Å². The molecule has 0 bridgehead atoms. The van der Waals surface area contributed by atoms with Crippen LogP contribution in [0.2, 0.25) is 0 Å². The molecule has 1 N–H and O–H groups in total. The molecule has 0 aromatic heterocycles. The molecule has 0 saturated carbocycles. The van der Waals surface area contributed by atoms with Crippen molar-refractivity contribution < 1.29 is 14.0 Å². The molecule has 5 nitrogen and oxygen atoms in total. The summed E-state index contributed by atoms with van der Waals surface area (Å²) in [6.07, 6.45) is 0. The number of nitrogens with one attached hydrogen (secondary N) is 1. The third-order valence-corrected chi connectivity index (χ3v) is 4.03. The van der Waals surface area contributed by atoms with Crippen LogP contribution in [0.15, 0.2) is 29.4 Å². The lowest BCUT2D eigenvalue weighted by Crippen LogP contribution is -2.37. The molecule has 0 aliphatic carbocycles. The molecule has 1 atom stereocenters. The highest BCUT2D eigenvalue weighted by Crippen LogP contribution is 2.44. The van der Waals surface area contributed by atoms with Gasteiger partial charge in [0.15, 0.2) is 5.17 Å². The van der Waals surface area contributed by atoms with E-state index in [1.165, 1.54) is 42.8 Å². The van der Waals surface area contributed by atoms with E-state index < -0.39 is 4.87 Å². The first-order valence-corrected chi connectivity index (χ1v) is 6.76. The van der Waals surface area contributed by atoms with Crippen LogP contribution in [0, 0.1) is 5.82 Å². The Morgan fingerprint density at radius 1 is 1.30 bits per heavy atom. The lowest BCUT2D eigenvalue weighted by molar-refractivity contribution is -0.131. The van der Waals surface area contributed by atoms with Gasteiger partial charge < -0.3 is 5.32 Å². The van der Waals surface area contributed by atoms with Crippen LogP contribution < -0.4 is 5.32 Å². The summed E-state index contributed by atoms with van der Waals surface area (Å²) in [7, 11) is 0. The van der Waals surface area contributed by atoms with Crippen LogP contribution in [0.1, 0.15) is 26.3 Å². The van der Waals surface area contributed by atoms with Crippen molar-refractivity contribution in [3.63, 3.8) is 0 Å². The Morgan fingerprint density at radius 2 is 1.90 bits per heavy atom. The number of hydrogen-bond acceptors (Lipinski definition) is 4. The number of hydrogen-bond donors (Lipinski definition) is 1. The Labute approximate surface area is 120 Å². The average molecular weight is 295 g/mol. The molecule has 1 aliphatic heterocycles. The second kappa shape index (κ2) is 5.24. The fraction of sp³-hybridized carbons (Fsp3) is 0.308. The monoisotopic (exact) mass is 295 g/mol. The van der Waals surface area contributed by atoms with E-state index >= 15 is 0 Å². The summed E-state index contributed by atoms with van der Waals surface area (Å²) in [5.41, 5.74) is 0.725. The highest BCUT2D eigenvalue weighted by atomic mass is 32.2. The van der Waals surface area contributed by atoms with Crippen molar-refractivity contribution in [2.45, 2.75) is 25.6 Å². The number of carbonyl (C=O) groups excluding carboxylic acids is 2. The summed E-state index contributed by atoms with van der Waals surface area (Å²) < 4.78 is 13.0. The van der Waals surface area contributed by atoms with Gasteiger partial charge in [-0.15, -0.1) is 5.10 Å². The highest BCUT2D eigenvalue weighted by molar-refractivity contribution is 8.14. The van der Waals surface area contributed by atoms with Crippen LogP contribution in [0.5, 0.6) is 0 Å². The lowest BCUT2D eigenvalue weighted by atomic mass is 10.1. The van der Waals surface area contributed by atoms with E-state index in [-0.39, 0.29) is 17.6 Å². The number of carbonyl (C=O) groups is 2. The van der Waals surface area contributed by atoms with Crippen molar-refractivity contribution in [2.24, 2.45) is 5.10 Å². The summed E-state index contributed by atoms with van der Waals surface area (Å²) in [5.74, 6) is -0.870. The van der Waals surface area contributed by atoms with Gasteiger partial charge in [-0.2, -0.15) is 0 Å². The molecule has 2 amide bonds. The van der Waals surface area contributed by atoms with Crippen molar-refractivity contribution in [3.8, 4) is 0 Å². The first-order chi connectivity index (χ1) is 9.33. The zero-order valence-corrected chi connectivity index (χ0v) is 12.1. The number of nitrogens with zero attached hydrogens (tertiary/aromatic N) is 2. The molecule has 2 rings (SSSR count). The third-order valence-electron chi connectivity index (χ3n) is 2.85. The zero-order valence-electron chi connectivity index (χ0n) is 11.3. The summed E-state index contributed by atoms with van der Waals surface area (Å²) in [6, 6.07) is 5.86. The topological polar surface area (TPSA) is 61.8 Å². The minimum atomic E-state index is -0.808. The molecule has 1 heterocycles. The van der Waals surface area contributed by atoms with E-state index in [1.807, 2.05) is 0 Å². The maximum atomic E-state index is 13.0. The molecule has 0 radical (unpaired) electrons. The van der Waals surface area contributed by atoms with Gasteiger partial charge in [-0.25, -0.2) is 9.40 Å². The molecule has 0 spiro atoms. The highest BCUT2D eigenvalue weighted by Gasteiger charge is 2.43. The van der Waals surface area contributed by atoms with Gasteiger partial charge in [-0.05, 0) is 24.6 Å². The summed E-state index contributed by atoms with van der Waals surface area (Å²) >= 11 is 1.24. The van der Waals surface area contributed by atoms with E-state index in [1.54, 1.807) is 19.1 Å². The number of halogens is 1. The van der Waals surface area contributed by atoms with Crippen LogP contribution in [0.4, 0.5) is 4.39 Å². The molecule has 1 aromatic rings. The van der Waals surface area contributed by atoms with Crippen LogP contribution in [0.25, 0.3) is 0 Å². The van der Waals surface area contributed by atoms with Gasteiger partial charge in [0.2, 0.25) is 11.8 Å². The minimum absolute atomic E-state index is 0.260. The van der Waals surface area contributed by atoms with Crippen LogP contribution in [-0.2, 0) is 14.5 Å². The van der Waals surface area contributed by atoms with Gasteiger partial charge in [0.1, 0.15) is 10.7 Å². The Balaban J connectivity index is 2.37. The fourth-order valence-electron chi connectivity index (χ4n) is 1.95. The predicted molar refractivity (Wildman–Crippen MR) is 75.1 cm³/mol. The molecule has 1 aliphatic rings. The third kappa shape index (κ3) is 2.67. The molecular weight excluding hydrogens is 281 g/mol. The number of rotatable bonds is 1. The van der Waals surface area contributed by atoms with Crippen LogP contribution >= 0.6 is 11.8 Å². The molecule has 106 valence electrons. The van der Waals surface area contributed by atoms with Crippen LogP contribution in [-0.4, -0.2) is 22.0 Å². The van der Waals surface area contributed by atoms with Crippen molar-refractivity contribution in [2.75, 3.05) is 0 Å². The largest absolute Gasteiger partial charge is 0.304 e. The van der Waals surface area contributed by atoms with Crippen molar-refractivity contribution in [3.05, 3.63) is 35.6 Å². The van der Waals surface area contributed by atoms with Gasteiger partial charge in [-0.3, -0.25) is 9.59 Å². The molecule has 20 heavy (non-hydrogen) atoms. The first kappa shape index (κ1) is 14.5. The zero-order chi connectivity index (χ0) is 14.9. The van der Waals surface area contributed by atoms with E-state index in [4.69, 9.17) is 0 Å². The van der Waals surface area contributed by atoms with E-state index in [9.17, 15) is 14.0 Å².